The van der Waals surface area contributed by atoms with Crippen molar-refractivity contribution in [2.75, 3.05) is 38.0 Å². The van der Waals surface area contributed by atoms with Crippen LogP contribution in [0.4, 0.5) is 5.69 Å². The van der Waals surface area contributed by atoms with Crippen LogP contribution in [-0.2, 0) is 0 Å². The van der Waals surface area contributed by atoms with Gasteiger partial charge in [0, 0.05) is 32.1 Å². The van der Waals surface area contributed by atoms with E-state index in [-0.39, 0.29) is 5.91 Å². The van der Waals surface area contributed by atoms with E-state index in [1.54, 1.807) is 16.7 Å². The predicted octanol–water partition coefficient (Wildman–Crippen LogP) is 2.16. The lowest BCUT2D eigenvalue weighted by Gasteiger charge is -2.18. The van der Waals surface area contributed by atoms with Crippen molar-refractivity contribution in [1.82, 2.24) is 4.90 Å². The maximum Gasteiger partial charge on any atom is 0.255 e. The standard InChI is InChI=1S/C12H18N2OS/c1-13-11-7-5-4-6-10(11)12(15)14(2)8-9-16-3/h4-7,13H,8-9H2,1-3H3. The summed E-state index contributed by atoms with van der Waals surface area (Å²) in [7, 11) is 3.67. The summed E-state index contributed by atoms with van der Waals surface area (Å²) >= 11 is 1.74. The Hall–Kier alpha value is -1.16. The van der Waals surface area contributed by atoms with E-state index < -0.39 is 0 Å². The Labute approximate surface area is 101 Å². The van der Waals surface area contributed by atoms with Crippen molar-refractivity contribution in [3.63, 3.8) is 0 Å². The van der Waals surface area contributed by atoms with Gasteiger partial charge >= 0.3 is 0 Å². The van der Waals surface area contributed by atoms with Crippen LogP contribution in [0.25, 0.3) is 0 Å². The molecule has 0 atom stereocenters. The maximum atomic E-state index is 12.1. The fourth-order valence-corrected chi connectivity index (χ4v) is 1.88. The van der Waals surface area contributed by atoms with Gasteiger partial charge in [-0.25, -0.2) is 0 Å². The number of rotatable bonds is 5. The monoisotopic (exact) mass is 238 g/mol. The summed E-state index contributed by atoms with van der Waals surface area (Å²) in [5, 5.41) is 3.03. The smallest absolute Gasteiger partial charge is 0.255 e. The number of para-hydroxylation sites is 1. The zero-order valence-electron chi connectivity index (χ0n) is 9.99. The fraction of sp³-hybridized carbons (Fsp3) is 0.417. The van der Waals surface area contributed by atoms with E-state index in [0.717, 1.165) is 23.5 Å². The van der Waals surface area contributed by atoms with E-state index in [2.05, 4.69) is 5.32 Å². The number of hydrogen-bond donors (Lipinski definition) is 1. The van der Waals surface area contributed by atoms with Crippen LogP contribution in [0.1, 0.15) is 10.4 Å². The van der Waals surface area contributed by atoms with Crippen LogP contribution in [0.5, 0.6) is 0 Å². The predicted molar refractivity (Wildman–Crippen MR) is 71.3 cm³/mol. The number of nitrogens with zero attached hydrogens (tertiary/aromatic N) is 1. The molecule has 0 aliphatic carbocycles. The molecule has 0 unspecified atom stereocenters. The number of nitrogens with one attached hydrogen (secondary N) is 1. The molecule has 1 aromatic carbocycles. The quantitative estimate of drug-likeness (QED) is 0.853. The molecule has 1 aromatic rings. The molecule has 1 amide bonds. The van der Waals surface area contributed by atoms with Crippen LogP contribution in [0.2, 0.25) is 0 Å². The summed E-state index contributed by atoms with van der Waals surface area (Å²) in [6, 6.07) is 7.57. The average molecular weight is 238 g/mol. The second-order valence-electron chi connectivity index (χ2n) is 3.52. The second kappa shape index (κ2) is 6.43. The summed E-state index contributed by atoms with van der Waals surface area (Å²) in [6.45, 7) is 0.776. The van der Waals surface area contributed by atoms with Gasteiger partial charge in [0.1, 0.15) is 0 Å². The first kappa shape index (κ1) is 12.9. The van der Waals surface area contributed by atoms with Crippen LogP contribution in [0, 0.1) is 0 Å². The maximum absolute atomic E-state index is 12.1. The third-order valence-electron chi connectivity index (χ3n) is 2.40. The second-order valence-corrected chi connectivity index (χ2v) is 4.50. The molecule has 0 aliphatic rings. The first-order chi connectivity index (χ1) is 7.70. The third kappa shape index (κ3) is 3.17. The lowest BCUT2D eigenvalue weighted by molar-refractivity contribution is 0.0804. The molecular formula is C12H18N2OS. The SMILES string of the molecule is CNc1ccccc1C(=O)N(C)CCSC. The summed E-state index contributed by atoms with van der Waals surface area (Å²) < 4.78 is 0. The van der Waals surface area contributed by atoms with Crippen molar-refractivity contribution in [2.45, 2.75) is 0 Å². The largest absolute Gasteiger partial charge is 0.387 e. The Bertz CT molecular complexity index is 355. The van der Waals surface area contributed by atoms with Crippen LogP contribution in [0.15, 0.2) is 24.3 Å². The topological polar surface area (TPSA) is 32.3 Å². The highest BCUT2D eigenvalue weighted by molar-refractivity contribution is 7.98. The molecule has 88 valence electrons. The Morgan fingerprint density at radius 1 is 1.44 bits per heavy atom. The van der Waals surface area contributed by atoms with Gasteiger partial charge in [-0.1, -0.05) is 12.1 Å². The minimum Gasteiger partial charge on any atom is -0.387 e. The third-order valence-corrected chi connectivity index (χ3v) is 3.00. The molecule has 4 heteroatoms. The Morgan fingerprint density at radius 3 is 2.75 bits per heavy atom. The van der Waals surface area contributed by atoms with Crippen molar-refractivity contribution < 1.29 is 4.79 Å². The lowest BCUT2D eigenvalue weighted by Crippen LogP contribution is -2.29. The van der Waals surface area contributed by atoms with Crippen LogP contribution >= 0.6 is 11.8 Å². The highest BCUT2D eigenvalue weighted by atomic mass is 32.2. The molecule has 3 nitrogen and oxygen atoms in total. The van der Waals surface area contributed by atoms with Crippen LogP contribution < -0.4 is 5.32 Å². The van der Waals surface area contributed by atoms with Gasteiger partial charge in [-0.05, 0) is 18.4 Å². The van der Waals surface area contributed by atoms with Crippen molar-refractivity contribution in [1.29, 1.82) is 0 Å². The molecular weight excluding hydrogens is 220 g/mol. The van der Waals surface area contributed by atoms with E-state index in [0.29, 0.717) is 0 Å². The summed E-state index contributed by atoms with van der Waals surface area (Å²) in [6.07, 6.45) is 2.04. The Kier molecular flexibility index (Phi) is 5.19. The molecule has 16 heavy (non-hydrogen) atoms. The van der Waals surface area contributed by atoms with Gasteiger partial charge in [0.05, 0.1) is 5.56 Å². The van der Waals surface area contributed by atoms with Gasteiger partial charge < -0.3 is 10.2 Å². The van der Waals surface area contributed by atoms with Crippen molar-refractivity contribution in [3.8, 4) is 0 Å². The highest BCUT2D eigenvalue weighted by Gasteiger charge is 2.13. The zero-order chi connectivity index (χ0) is 12.0. The lowest BCUT2D eigenvalue weighted by atomic mass is 10.1. The molecule has 1 rings (SSSR count). The zero-order valence-corrected chi connectivity index (χ0v) is 10.8. The number of carbonyl (C=O) groups is 1. The van der Waals surface area contributed by atoms with Gasteiger partial charge in [0.25, 0.3) is 5.91 Å². The molecule has 0 radical (unpaired) electrons. The highest BCUT2D eigenvalue weighted by Crippen LogP contribution is 2.16. The molecule has 0 saturated heterocycles. The Balaban J connectivity index is 2.79. The summed E-state index contributed by atoms with van der Waals surface area (Å²) in [5.41, 5.74) is 1.61. The van der Waals surface area contributed by atoms with E-state index >= 15 is 0 Å². The van der Waals surface area contributed by atoms with Gasteiger partial charge in [-0.15, -0.1) is 0 Å². The minimum absolute atomic E-state index is 0.0685. The van der Waals surface area contributed by atoms with Crippen LogP contribution in [0.3, 0.4) is 0 Å². The van der Waals surface area contributed by atoms with Gasteiger partial charge in [0.2, 0.25) is 0 Å². The van der Waals surface area contributed by atoms with Crippen LogP contribution in [-0.4, -0.2) is 43.5 Å². The molecule has 0 spiro atoms. The number of anilines is 1. The molecule has 0 aromatic heterocycles. The van der Waals surface area contributed by atoms with Crippen molar-refractivity contribution >= 4 is 23.4 Å². The van der Waals surface area contributed by atoms with Gasteiger partial charge in [-0.2, -0.15) is 11.8 Å². The number of amides is 1. The molecule has 0 saturated carbocycles. The molecule has 0 fully saturated rings. The number of hydrogen-bond acceptors (Lipinski definition) is 3. The molecule has 1 N–H and O–H groups in total. The van der Waals surface area contributed by atoms with E-state index in [1.807, 2.05) is 44.6 Å². The van der Waals surface area contributed by atoms with E-state index in [1.165, 1.54) is 0 Å². The normalized spacial score (nSPS) is 9.94. The van der Waals surface area contributed by atoms with E-state index in [9.17, 15) is 4.79 Å². The first-order valence-electron chi connectivity index (χ1n) is 5.22. The fourth-order valence-electron chi connectivity index (χ4n) is 1.42. The average Bonchev–Trinajstić information content (AvgIpc) is 2.34. The van der Waals surface area contributed by atoms with Crippen molar-refractivity contribution in [3.05, 3.63) is 29.8 Å². The Morgan fingerprint density at radius 2 is 2.12 bits per heavy atom. The molecule has 0 heterocycles. The molecule has 0 aliphatic heterocycles. The summed E-state index contributed by atoms with van der Waals surface area (Å²) in [5.74, 6) is 1.03. The molecule has 0 bridgehead atoms. The number of thioether (sulfide) groups is 1. The van der Waals surface area contributed by atoms with Gasteiger partial charge in [-0.3, -0.25) is 4.79 Å². The summed E-state index contributed by atoms with van der Waals surface area (Å²) in [4.78, 5) is 13.9. The first-order valence-corrected chi connectivity index (χ1v) is 6.61. The van der Waals surface area contributed by atoms with E-state index in [4.69, 9.17) is 0 Å². The van der Waals surface area contributed by atoms with Crippen molar-refractivity contribution in [2.24, 2.45) is 0 Å². The number of benzene rings is 1. The number of carbonyl (C=O) groups excluding carboxylic acids is 1. The minimum atomic E-state index is 0.0685. The van der Waals surface area contributed by atoms with Gasteiger partial charge in [0.15, 0.2) is 0 Å².